The van der Waals surface area contributed by atoms with E-state index in [9.17, 15) is 4.79 Å². The molecule has 1 aromatic rings. The smallest absolute Gasteiger partial charge is 0.330 e. The fraction of sp³-hybridized carbons (Fsp3) is 0.571. The second kappa shape index (κ2) is 6.99. The van der Waals surface area contributed by atoms with Gasteiger partial charge < -0.3 is 9.30 Å². The molecule has 0 saturated heterocycles. The van der Waals surface area contributed by atoms with Gasteiger partial charge in [-0.2, -0.15) is 0 Å². The van der Waals surface area contributed by atoms with E-state index in [0.29, 0.717) is 0 Å². The number of methoxy groups -OCH3 is 1. The highest BCUT2D eigenvalue weighted by atomic mass is 16.5. The number of aryl methyl sites for hydroxylation is 1. The lowest BCUT2D eigenvalue weighted by Crippen LogP contribution is -2.09. The molecular weight excluding hydrogens is 228 g/mol. The average Bonchev–Trinajstić information content (AvgIpc) is 2.85. The van der Waals surface area contributed by atoms with E-state index in [4.69, 9.17) is 0 Å². The maximum atomic E-state index is 11.0. The average molecular weight is 250 g/mol. The van der Waals surface area contributed by atoms with Crippen molar-refractivity contribution in [3.8, 4) is 0 Å². The molecule has 100 valence electrons. The van der Waals surface area contributed by atoms with Gasteiger partial charge in [-0.3, -0.25) is 0 Å². The number of imidazole rings is 1. The summed E-state index contributed by atoms with van der Waals surface area (Å²) in [6.45, 7) is 5.25. The molecule has 18 heavy (non-hydrogen) atoms. The number of unbranched alkanes of at least 4 members (excludes halogenated alkanes) is 1. The Kier molecular flexibility index (Phi) is 5.62. The first-order valence-corrected chi connectivity index (χ1v) is 6.26. The van der Waals surface area contributed by atoms with E-state index in [1.165, 1.54) is 13.2 Å². The highest BCUT2D eigenvalue weighted by Gasteiger charge is 2.13. The number of esters is 1. The zero-order chi connectivity index (χ0) is 13.4. The van der Waals surface area contributed by atoms with Crippen LogP contribution in [0.3, 0.4) is 0 Å². The molecule has 0 aliphatic carbocycles. The molecule has 0 aliphatic heterocycles. The van der Waals surface area contributed by atoms with Gasteiger partial charge in [-0.1, -0.05) is 26.3 Å². The summed E-state index contributed by atoms with van der Waals surface area (Å²) in [7, 11) is 1.39. The molecule has 4 heteroatoms. The second-order valence-electron chi connectivity index (χ2n) is 5.10. The third-order valence-electron chi connectivity index (χ3n) is 2.92. The predicted octanol–water partition coefficient (Wildman–Crippen LogP) is 2.81. The van der Waals surface area contributed by atoms with Crippen LogP contribution in [-0.4, -0.2) is 22.6 Å². The van der Waals surface area contributed by atoms with Crippen molar-refractivity contribution in [1.82, 2.24) is 9.55 Å². The van der Waals surface area contributed by atoms with E-state index < -0.39 is 0 Å². The van der Waals surface area contributed by atoms with Crippen molar-refractivity contribution in [3.63, 3.8) is 0 Å². The van der Waals surface area contributed by atoms with E-state index in [1.807, 2.05) is 18.6 Å². The SMILES string of the molecule is COC(=O)C=CC(C)(C)CCCCn1ccnc1. The van der Waals surface area contributed by atoms with E-state index >= 15 is 0 Å². The van der Waals surface area contributed by atoms with Crippen molar-refractivity contribution in [2.75, 3.05) is 7.11 Å². The number of ether oxygens (including phenoxy) is 1. The number of carbonyl (C=O) groups excluding carboxylic acids is 1. The molecular formula is C14H22N2O2. The summed E-state index contributed by atoms with van der Waals surface area (Å²) in [5.74, 6) is -0.290. The van der Waals surface area contributed by atoms with E-state index in [2.05, 4.69) is 28.1 Å². The summed E-state index contributed by atoms with van der Waals surface area (Å²) in [6, 6.07) is 0. The minimum Gasteiger partial charge on any atom is -0.466 e. The number of hydrogen-bond acceptors (Lipinski definition) is 3. The van der Waals surface area contributed by atoms with Gasteiger partial charge in [0.25, 0.3) is 0 Å². The number of nitrogens with zero attached hydrogens (tertiary/aromatic N) is 2. The van der Waals surface area contributed by atoms with Crippen LogP contribution in [0, 0.1) is 5.41 Å². The summed E-state index contributed by atoms with van der Waals surface area (Å²) in [4.78, 5) is 15.0. The molecule has 1 heterocycles. The van der Waals surface area contributed by atoms with Crippen molar-refractivity contribution < 1.29 is 9.53 Å². The fourth-order valence-electron chi connectivity index (χ4n) is 1.74. The molecule has 0 saturated carbocycles. The van der Waals surface area contributed by atoms with Gasteiger partial charge in [0.15, 0.2) is 0 Å². The van der Waals surface area contributed by atoms with E-state index in [1.54, 1.807) is 6.20 Å². The Bertz CT molecular complexity index is 381. The highest BCUT2D eigenvalue weighted by molar-refractivity contribution is 5.81. The third kappa shape index (κ3) is 5.66. The van der Waals surface area contributed by atoms with Crippen LogP contribution in [0.15, 0.2) is 30.9 Å². The predicted molar refractivity (Wildman–Crippen MR) is 71.0 cm³/mol. The van der Waals surface area contributed by atoms with Gasteiger partial charge in [-0.05, 0) is 18.3 Å². The Morgan fingerprint density at radius 2 is 2.22 bits per heavy atom. The van der Waals surface area contributed by atoms with E-state index in [-0.39, 0.29) is 11.4 Å². The molecule has 0 unspecified atom stereocenters. The van der Waals surface area contributed by atoms with Gasteiger partial charge in [0, 0.05) is 25.0 Å². The molecule has 1 aromatic heterocycles. The fourth-order valence-corrected chi connectivity index (χ4v) is 1.74. The molecule has 1 rings (SSSR count). The van der Waals surface area contributed by atoms with Crippen LogP contribution in [-0.2, 0) is 16.1 Å². The van der Waals surface area contributed by atoms with Crippen molar-refractivity contribution >= 4 is 5.97 Å². The van der Waals surface area contributed by atoms with Gasteiger partial charge in [0.1, 0.15) is 0 Å². The van der Waals surface area contributed by atoms with Crippen molar-refractivity contribution in [2.45, 2.75) is 39.7 Å². The van der Waals surface area contributed by atoms with Gasteiger partial charge in [-0.15, -0.1) is 0 Å². The van der Waals surface area contributed by atoms with Crippen LogP contribution in [0.25, 0.3) is 0 Å². The van der Waals surface area contributed by atoms with E-state index in [0.717, 1.165) is 25.8 Å². The molecule has 0 aromatic carbocycles. The third-order valence-corrected chi connectivity index (χ3v) is 2.92. The normalized spacial score (nSPS) is 11.9. The summed E-state index contributed by atoms with van der Waals surface area (Å²) in [6.07, 6.45) is 12.3. The number of hydrogen-bond donors (Lipinski definition) is 0. The number of aromatic nitrogens is 2. The Morgan fingerprint density at radius 3 is 2.83 bits per heavy atom. The first-order chi connectivity index (χ1) is 8.53. The van der Waals surface area contributed by atoms with Gasteiger partial charge in [-0.25, -0.2) is 9.78 Å². The number of rotatable bonds is 7. The molecule has 0 bridgehead atoms. The monoisotopic (exact) mass is 250 g/mol. The lowest BCUT2D eigenvalue weighted by Gasteiger charge is -2.19. The minimum absolute atomic E-state index is 0.0309. The zero-order valence-electron chi connectivity index (χ0n) is 11.4. The summed E-state index contributed by atoms with van der Waals surface area (Å²) < 4.78 is 6.66. The van der Waals surface area contributed by atoms with Crippen molar-refractivity contribution in [3.05, 3.63) is 30.9 Å². The Labute approximate surface area is 109 Å². The van der Waals surface area contributed by atoms with Crippen LogP contribution >= 0.6 is 0 Å². The maximum absolute atomic E-state index is 11.0. The van der Waals surface area contributed by atoms with Gasteiger partial charge in [0.2, 0.25) is 0 Å². The Morgan fingerprint density at radius 1 is 1.44 bits per heavy atom. The highest BCUT2D eigenvalue weighted by Crippen LogP contribution is 2.25. The summed E-state index contributed by atoms with van der Waals surface area (Å²) in [5, 5.41) is 0. The Hall–Kier alpha value is -1.58. The quantitative estimate of drug-likeness (QED) is 0.424. The first kappa shape index (κ1) is 14.5. The first-order valence-electron chi connectivity index (χ1n) is 6.26. The second-order valence-corrected chi connectivity index (χ2v) is 5.10. The van der Waals surface area contributed by atoms with Crippen LogP contribution in [0.1, 0.15) is 33.1 Å². The molecule has 0 amide bonds. The topological polar surface area (TPSA) is 44.1 Å². The van der Waals surface area contributed by atoms with Crippen LogP contribution < -0.4 is 0 Å². The molecule has 0 N–H and O–H groups in total. The van der Waals surface area contributed by atoms with Gasteiger partial charge in [0.05, 0.1) is 13.4 Å². The molecule has 0 atom stereocenters. The minimum atomic E-state index is -0.290. The summed E-state index contributed by atoms with van der Waals surface area (Å²) >= 11 is 0. The van der Waals surface area contributed by atoms with Crippen molar-refractivity contribution in [2.24, 2.45) is 5.41 Å². The number of allylic oxidation sites excluding steroid dienone is 1. The van der Waals surface area contributed by atoms with Crippen molar-refractivity contribution in [1.29, 1.82) is 0 Å². The lowest BCUT2D eigenvalue weighted by atomic mass is 9.87. The molecule has 0 fully saturated rings. The molecule has 0 spiro atoms. The summed E-state index contributed by atoms with van der Waals surface area (Å²) in [5.41, 5.74) is 0.0309. The van der Waals surface area contributed by atoms with Crippen LogP contribution in [0.4, 0.5) is 0 Å². The van der Waals surface area contributed by atoms with Crippen LogP contribution in [0.2, 0.25) is 0 Å². The maximum Gasteiger partial charge on any atom is 0.330 e. The molecule has 4 nitrogen and oxygen atoms in total. The molecule has 0 radical (unpaired) electrons. The standard InChI is InChI=1S/C14H22N2O2/c1-14(2,8-6-13(17)18-3)7-4-5-10-16-11-9-15-12-16/h6,8-9,11-12H,4-5,7,10H2,1-3H3. The molecule has 0 aliphatic rings. The van der Waals surface area contributed by atoms with Crippen LogP contribution in [0.5, 0.6) is 0 Å². The van der Waals surface area contributed by atoms with Gasteiger partial charge >= 0.3 is 5.97 Å². The zero-order valence-corrected chi connectivity index (χ0v) is 11.4. The lowest BCUT2D eigenvalue weighted by molar-refractivity contribution is -0.134. The Balaban J connectivity index is 2.24. The largest absolute Gasteiger partial charge is 0.466 e. The number of carbonyl (C=O) groups is 1.